The van der Waals surface area contributed by atoms with Crippen molar-refractivity contribution in [1.82, 2.24) is 4.57 Å². The molecule has 0 atom stereocenters. The summed E-state index contributed by atoms with van der Waals surface area (Å²) in [6, 6.07) is 31.6. The summed E-state index contributed by atoms with van der Waals surface area (Å²) in [5.41, 5.74) is 5.83. The number of methoxy groups -OCH3 is 1. The average molecular weight is 420 g/mol. The average Bonchev–Trinajstić information content (AvgIpc) is 3.17. The van der Waals surface area contributed by atoms with Crippen molar-refractivity contribution in [2.45, 2.75) is 6.92 Å². The minimum absolute atomic E-state index is 0.668. The molecule has 0 aliphatic carbocycles. The summed E-state index contributed by atoms with van der Waals surface area (Å²) in [7, 11) is 1.68. The molecule has 0 aliphatic heterocycles. The Morgan fingerprint density at radius 1 is 0.688 bits per heavy atom. The van der Waals surface area contributed by atoms with E-state index in [1.807, 2.05) is 31.2 Å². The van der Waals surface area contributed by atoms with Gasteiger partial charge in [0, 0.05) is 16.5 Å². The molecule has 0 radical (unpaired) electrons. The molecular formula is C29H25NO2. The zero-order valence-corrected chi connectivity index (χ0v) is 18.3. The molecule has 0 saturated carbocycles. The van der Waals surface area contributed by atoms with Crippen molar-refractivity contribution in [1.29, 1.82) is 0 Å². The molecule has 32 heavy (non-hydrogen) atoms. The lowest BCUT2D eigenvalue weighted by Gasteiger charge is -2.09. The summed E-state index contributed by atoms with van der Waals surface area (Å²) in [5, 5.41) is 2.49. The lowest BCUT2D eigenvalue weighted by molar-refractivity contribution is 0.340. The lowest BCUT2D eigenvalue weighted by atomic mass is 10.1. The summed E-state index contributed by atoms with van der Waals surface area (Å²) in [6.45, 7) is 2.67. The Balaban J connectivity index is 1.57. The number of para-hydroxylation sites is 1. The zero-order valence-electron chi connectivity index (χ0n) is 18.3. The van der Waals surface area contributed by atoms with Gasteiger partial charge in [0.1, 0.15) is 11.5 Å². The first-order chi connectivity index (χ1) is 15.8. The number of aromatic nitrogens is 1. The third-order valence-electron chi connectivity index (χ3n) is 5.69. The topological polar surface area (TPSA) is 23.4 Å². The lowest BCUT2D eigenvalue weighted by Crippen LogP contribution is -1.95. The Morgan fingerprint density at radius 2 is 1.34 bits per heavy atom. The van der Waals surface area contributed by atoms with Crippen LogP contribution in [0.3, 0.4) is 0 Å². The van der Waals surface area contributed by atoms with Crippen LogP contribution < -0.4 is 9.47 Å². The number of benzene rings is 4. The van der Waals surface area contributed by atoms with Crippen LogP contribution in [-0.4, -0.2) is 18.3 Å². The van der Waals surface area contributed by atoms with Gasteiger partial charge in [0.15, 0.2) is 0 Å². The second kappa shape index (κ2) is 8.64. The van der Waals surface area contributed by atoms with Gasteiger partial charge in [-0.25, -0.2) is 0 Å². The summed E-state index contributed by atoms with van der Waals surface area (Å²) < 4.78 is 13.2. The number of hydrogen-bond acceptors (Lipinski definition) is 2. The van der Waals surface area contributed by atoms with Gasteiger partial charge in [-0.15, -0.1) is 0 Å². The van der Waals surface area contributed by atoms with Crippen molar-refractivity contribution in [3.05, 3.63) is 102 Å². The minimum atomic E-state index is 0.668. The van der Waals surface area contributed by atoms with E-state index in [4.69, 9.17) is 9.47 Å². The minimum Gasteiger partial charge on any atom is -0.497 e. The van der Waals surface area contributed by atoms with E-state index in [1.54, 1.807) is 7.11 Å². The molecular weight excluding hydrogens is 394 g/mol. The highest BCUT2D eigenvalue weighted by atomic mass is 16.5. The molecule has 0 bridgehead atoms. The van der Waals surface area contributed by atoms with Gasteiger partial charge in [0.25, 0.3) is 0 Å². The van der Waals surface area contributed by atoms with Gasteiger partial charge in [0.05, 0.1) is 24.8 Å². The number of ether oxygens (including phenoxy) is 2. The molecule has 4 aromatic carbocycles. The van der Waals surface area contributed by atoms with Gasteiger partial charge >= 0.3 is 0 Å². The first kappa shape index (κ1) is 20.0. The number of nitrogens with zero attached hydrogens (tertiary/aromatic N) is 1. The molecule has 0 amide bonds. The molecule has 5 aromatic rings. The Hall–Kier alpha value is -3.98. The molecule has 0 saturated heterocycles. The third-order valence-corrected chi connectivity index (χ3v) is 5.69. The van der Waals surface area contributed by atoms with Crippen molar-refractivity contribution in [3.8, 4) is 17.2 Å². The van der Waals surface area contributed by atoms with E-state index >= 15 is 0 Å². The van der Waals surface area contributed by atoms with Crippen LogP contribution in [0.2, 0.25) is 0 Å². The summed E-state index contributed by atoms with van der Waals surface area (Å²) in [6.07, 6.45) is 4.29. The van der Waals surface area contributed by atoms with Crippen molar-refractivity contribution in [2.24, 2.45) is 0 Å². The Morgan fingerprint density at radius 3 is 2.09 bits per heavy atom. The molecule has 0 fully saturated rings. The summed E-state index contributed by atoms with van der Waals surface area (Å²) >= 11 is 0. The van der Waals surface area contributed by atoms with E-state index in [1.165, 1.54) is 27.4 Å². The van der Waals surface area contributed by atoms with Gasteiger partial charge in [0.2, 0.25) is 0 Å². The molecule has 0 aliphatic rings. The smallest absolute Gasteiger partial charge is 0.119 e. The van der Waals surface area contributed by atoms with E-state index in [0.717, 1.165) is 22.7 Å². The SMILES string of the molecule is CCOc1ccc(-n2c3ccccc3c3cc(C=Cc4ccc(OC)cc4)ccc32)cc1. The van der Waals surface area contributed by atoms with Crippen molar-refractivity contribution >= 4 is 34.0 Å². The van der Waals surface area contributed by atoms with Crippen molar-refractivity contribution < 1.29 is 9.47 Å². The van der Waals surface area contributed by atoms with Gasteiger partial charge in [-0.1, -0.05) is 48.6 Å². The first-order valence-electron chi connectivity index (χ1n) is 10.9. The number of fused-ring (bicyclic) bond motifs is 3. The Labute approximate surface area is 188 Å². The second-order valence-electron chi connectivity index (χ2n) is 7.66. The third kappa shape index (κ3) is 3.74. The Bertz CT molecular complexity index is 1390. The highest BCUT2D eigenvalue weighted by Gasteiger charge is 2.12. The molecule has 0 N–H and O–H groups in total. The molecule has 5 rings (SSSR count). The highest BCUT2D eigenvalue weighted by molar-refractivity contribution is 6.10. The quantitative estimate of drug-likeness (QED) is 0.268. The number of rotatable bonds is 6. The van der Waals surface area contributed by atoms with Crippen LogP contribution in [0.1, 0.15) is 18.1 Å². The zero-order chi connectivity index (χ0) is 21.9. The predicted molar refractivity (Wildman–Crippen MR) is 134 cm³/mol. The number of hydrogen-bond donors (Lipinski definition) is 0. The molecule has 3 nitrogen and oxygen atoms in total. The van der Waals surface area contributed by atoms with Gasteiger partial charge in [-0.05, 0) is 72.6 Å². The summed E-state index contributed by atoms with van der Waals surface area (Å²) in [5.74, 6) is 1.76. The van der Waals surface area contributed by atoms with Gasteiger partial charge in [-0.2, -0.15) is 0 Å². The van der Waals surface area contributed by atoms with Gasteiger partial charge in [-0.3, -0.25) is 0 Å². The highest BCUT2D eigenvalue weighted by Crippen LogP contribution is 2.33. The van der Waals surface area contributed by atoms with Crippen LogP contribution in [0.25, 0.3) is 39.6 Å². The second-order valence-corrected chi connectivity index (χ2v) is 7.66. The fraction of sp³-hybridized carbons (Fsp3) is 0.103. The maximum atomic E-state index is 5.62. The predicted octanol–water partition coefficient (Wildman–Crippen LogP) is 7.36. The molecule has 0 unspecified atom stereocenters. The maximum Gasteiger partial charge on any atom is 0.119 e. The van der Waals surface area contributed by atoms with E-state index < -0.39 is 0 Å². The fourth-order valence-corrected chi connectivity index (χ4v) is 4.14. The van der Waals surface area contributed by atoms with E-state index in [2.05, 4.69) is 83.4 Å². The molecule has 1 aromatic heterocycles. The van der Waals surface area contributed by atoms with Crippen molar-refractivity contribution in [3.63, 3.8) is 0 Å². The molecule has 0 spiro atoms. The summed E-state index contributed by atoms with van der Waals surface area (Å²) in [4.78, 5) is 0. The van der Waals surface area contributed by atoms with Crippen LogP contribution in [0.5, 0.6) is 11.5 Å². The Kier molecular flexibility index (Phi) is 5.39. The largest absolute Gasteiger partial charge is 0.497 e. The first-order valence-corrected chi connectivity index (χ1v) is 10.9. The standard InChI is InChI=1S/C29H25NO2/c1-3-32-25-17-13-23(14-18-25)30-28-7-5-4-6-26(28)27-20-22(12-19-29(27)30)9-8-21-10-15-24(31-2)16-11-21/h4-20H,3H2,1-2H3. The normalized spacial score (nSPS) is 11.4. The maximum absolute atomic E-state index is 5.62. The monoisotopic (exact) mass is 419 g/mol. The van der Waals surface area contributed by atoms with E-state index in [-0.39, 0.29) is 0 Å². The molecule has 158 valence electrons. The van der Waals surface area contributed by atoms with Crippen LogP contribution in [0.15, 0.2) is 91.0 Å². The fourth-order valence-electron chi connectivity index (χ4n) is 4.14. The van der Waals surface area contributed by atoms with Gasteiger partial charge < -0.3 is 14.0 Å². The van der Waals surface area contributed by atoms with E-state index in [9.17, 15) is 0 Å². The van der Waals surface area contributed by atoms with Crippen LogP contribution in [-0.2, 0) is 0 Å². The molecule has 1 heterocycles. The van der Waals surface area contributed by atoms with Crippen LogP contribution in [0.4, 0.5) is 0 Å². The van der Waals surface area contributed by atoms with Crippen LogP contribution in [0, 0.1) is 0 Å². The van der Waals surface area contributed by atoms with E-state index in [0.29, 0.717) is 6.61 Å². The molecule has 3 heteroatoms. The van der Waals surface area contributed by atoms with Crippen molar-refractivity contribution in [2.75, 3.05) is 13.7 Å². The van der Waals surface area contributed by atoms with Crippen LogP contribution >= 0.6 is 0 Å².